The second-order valence-corrected chi connectivity index (χ2v) is 1.87. The van der Waals surface area contributed by atoms with Gasteiger partial charge in [0.15, 0.2) is 0 Å². The maximum atomic E-state index is 9.80. The first-order chi connectivity index (χ1) is 4.54. The van der Waals surface area contributed by atoms with Crippen LogP contribution in [-0.4, -0.2) is 17.3 Å². The topological polar surface area (TPSA) is 80.3 Å². The molecule has 56 valence electrons. The Labute approximate surface area is 119 Å². The average Bonchev–Trinajstić information content (AvgIpc) is 1.82. The summed E-state index contributed by atoms with van der Waals surface area (Å²) in [7, 11) is 0. The van der Waals surface area contributed by atoms with Crippen molar-refractivity contribution in [2.24, 2.45) is 0 Å². The summed E-state index contributed by atoms with van der Waals surface area (Å²) in [5, 5.41) is 18.0. The maximum Gasteiger partial charge on any atom is 1.00 e. The van der Waals surface area contributed by atoms with Gasteiger partial charge in [-0.15, -0.1) is 11.6 Å². The summed E-state index contributed by atoms with van der Waals surface area (Å²) in [6, 6.07) is 0. The van der Waals surface area contributed by atoms with Crippen LogP contribution < -0.4 is 69.3 Å². The number of halogens is 1. The quantitative estimate of drug-likeness (QED) is 0.262. The van der Waals surface area contributed by atoms with Crippen LogP contribution in [0.5, 0.6) is 0 Å². The molecule has 0 aliphatic carbocycles. The monoisotopic (exact) mass is 208 g/mol. The van der Waals surface area contributed by atoms with Crippen LogP contribution in [0.1, 0.15) is 0 Å². The predicted octanol–water partition coefficient (Wildman–Crippen LogP) is -8.34. The van der Waals surface area contributed by atoms with E-state index in [2.05, 4.69) is 0 Å². The fraction of sp³-hybridized carbons (Fsp3) is 0.200. The summed E-state index contributed by atoms with van der Waals surface area (Å²) < 4.78 is 0. The van der Waals surface area contributed by atoms with E-state index >= 15 is 0 Å². The zero-order chi connectivity index (χ0) is 8.15. The van der Waals surface area contributed by atoms with Crippen LogP contribution >= 0.6 is 11.6 Å². The molecule has 0 radical (unpaired) electrons. The van der Waals surface area contributed by atoms with Gasteiger partial charge in [0, 0.05) is 0 Å². The van der Waals surface area contributed by atoms with Crippen LogP contribution in [0, 0.1) is 0 Å². The molecule has 7 heteroatoms. The Morgan fingerprint density at radius 1 is 1.25 bits per heavy atom. The van der Waals surface area contributed by atoms with Crippen LogP contribution in [0.3, 0.4) is 0 Å². The molecule has 1 unspecified atom stereocenters. The Bertz CT molecular complexity index is 182. The minimum Gasteiger partial charge on any atom is -0.548 e. The molecule has 0 heterocycles. The van der Waals surface area contributed by atoms with E-state index in [1.165, 1.54) is 0 Å². The van der Waals surface area contributed by atoms with E-state index in [0.29, 0.717) is 6.08 Å². The van der Waals surface area contributed by atoms with Gasteiger partial charge in [0.25, 0.3) is 0 Å². The molecule has 0 bridgehead atoms. The molecule has 0 aromatic carbocycles. The first-order valence-corrected chi connectivity index (χ1v) is 2.72. The van der Waals surface area contributed by atoms with Crippen LogP contribution in [0.2, 0.25) is 0 Å². The van der Waals surface area contributed by atoms with E-state index in [9.17, 15) is 19.8 Å². The Morgan fingerprint density at radius 2 is 1.67 bits per heavy atom. The molecule has 1 atom stereocenters. The van der Waals surface area contributed by atoms with Gasteiger partial charge in [0.2, 0.25) is 0 Å². The van der Waals surface area contributed by atoms with E-state index in [1.54, 1.807) is 0 Å². The number of alkyl halides is 1. The molecular formula is C5H3ClNa2O4. The second-order valence-electron chi connectivity index (χ2n) is 1.40. The summed E-state index contributed by atoms with van der Waals surface area (Å²) in [6.45, 7) is 0. The summed E-state index contributed by atoms with van der Waals surface area (Å²) in [6.07, 6.45) is 1.29. The van der Waals surface area contributed by atoms with Crippen molar-refractivity contribution in [3.05, 3.63) is 12.2 Å². The summed E-state index contributed by atoms with van der Waals surface area (Å²) in [4.78, 5) is 19.5. The Balaban J connectivity index is -0.000000405. The molecule has 0 aliphatic rings. The van der Waals surface area contributed by atoms with Crippen LogP contribution in [0.4, 0.5) is 0 Å². The van der Waals surface area contributed by atoms with Gasteiger partial charge in [-0.3, -0.25) is 0 Å². The van der Waals surface area contributed by atoms with Crippen molar-refractivity contribution in [1.82, 2.24) is 0 Å². The van der Waals surface area contributed by atoms with Crippen molar-refractivity contribution >= 4 is 23.5 Å². The molecule has 0 aliphatic heterocycles. The van der Waals surface area contributed by atoms with Crippen LogP contribution in [-0.2, 0) is 9.59 Å². The molecule has 0 saturated heterocycles. The van der Waals surface area contributed by atoms with Crippen molar-refractivity contribution in [1.29, 1.82) is 0 Å². The molecule has 4 nitrogen and oxygen atoms in total. The third kappa shape index (κ3) is 11.0. The molecule has 0 spiro atoms. The number of carbonyl (C=O) groups excluding carboxylic acids is 2. The van der Waals surface area contributed by atoms with Crippen LogP contribution in [0.15, 0.2) is 12.2 Å². The minimum absolute atomic E-state index is 0. The van der Waals surface area contributed by atoms with Gasteiger partial charge in [-0.05, 0) is 6.08 Å². The van der Waals surface area contributed by atoms with E-state index in [-0.39, 0.29) is 59.1 Å². The van der Waals surface area contributed by atoms with Gasteiger partial charge < -0.3 is 19.8 Å². The van der Waals surface area contributed by atoms with Gasteiger partial charge in [0.05, 0.1) is 17.3 Å². The smallest absolute Gasteiger partial charge is 0.548 e. The van der Waals surface area contributed by atoms with Gasteiger partial charge >= 0.3 is 59.1 Å². The maximum absolute atomic E-state index is 9.80. The first-order valence-electron chi connectivity index (χ1n) is 2.28. The second kappa shape index (κ2) is 10.1. The number of carboxylic acids is 2. The SMILES string of the molecule is O=C([O-])/C=C/C(Cl)C(=O)[O-].[Na+].[Na+]. The molecule has 0 fully saturated rings. The van der Waals surface area contributed by atoms with Gasteiger partial charge in [0.1, 0.15) is 0 Å². The molecule has 0 aromatic rings. The largest absolute Gasteiger partial charge is 1.00 e. The Kier molecular flexibility index (Phi) is 15.7. The zero-order valence-electron chi connectivity index (χ0n) is 6.74. The third-order valence-electron chi connectivity index (χ3n) is 0.626. The molecular weight excluding hydrogens is 205 g/mol. The van der Waals surface area contributed by atoms with Crippen molar-refractivity contribution in [3.63, 3.8) is 0 Å². The van der Waals surface area contributed by atoms with Gasteiger partial charge in [-0.1, -0.05) is 6.08 Å². The van der Waals surface area contributed by atoms with Crippen molar-refractivity contribution < 1.29 is 78.9 Å². The fourth-order valence-corrected chi connectivity index (χ4v) is 0.314. The van der Waals surface area contributed by atoms with E-state index < -0.39 is 17.3 Å². The van der Waals surface area contributed by atoms with Gasteiger partial charge in [-0.2, -0.15) is 0 Å². The fourth-order valence-electron chi connectivity index (χ4n) is 0.242. The molecule has 0 rings (SSSR count). The van der Waals surface area contributed by atoms with Crippen molar-refractivity contribution in [3.8, 4) is 0 Å². The minimum atomic E-state index is -1.54. The standard InChI is InChI=1S/C5H5ClO4.2Na/c6-3(5(9)10)1-2-4(7)8;;/h1-3H,(H,7,8)(H,9,10);;/q;2*+1/p-2/b2-1+;;. The molecule has 0 amide bonds. The van der Waals surface area contributed by atoms with E-state index in [1.807, 2.05) is 0 Å². The predicted molar refractivity (Wildman–Crippen MR) is 28.8 cm³/mol. The normalized spacial score (nSPS) is 11.1. The molecule has 0 N–H and O–H groups in total. The number of hydrogen-bond donors (Lipinski definition) is 0. The van der Waals surface area contributed by atoms with Crippen LogP contribution in [0.25, 0.3) is 0 Å². The molecule has 12 heavy (non-hydrogen) atoms. The van der Waals surface area contributed by atoms with Crippen molar-refractivity contribution in [2.75, 3.05) is 0 Å². The zero-order valence-corrected chi connectivity index (χ0v) is 11.5. The number of hydrogen-bond acceptors (Lipinski definition) is 4. The Hall–Kier alpha value is 0.970. The summed E-state index contributed by atoms with van der Waals surface area (Å²) in [5.74, 6) is -3.04. The number of carbonyl (C=O) groups is 2. The third-order valence-corrected chi connectivity index (χ3v) is 0.950. The Morgan fingerprint density at radius 3 is 1.92 bits per heavy atom. The summed E-state index contributed by atoms with van der Waals surface area (Å²) >= 11 is 5.02. The number of rotatable bonds is 3. The van der Waals surface area contributed by atoms with E-state index in [4.69, 9.17) is 11.6 Å². The molecule has 0 aromatic heterocycles. The number of carboxylic acid groups (broad SMARTS) is 2. The van der Waals surface area contributed by atoms with E-state index in [0.717, 1.165) is 6.08 Å². The average molecular weight is 209 g/mol. The number of aliphatic carboxylic acids is 2. The van der Waals surface area contributed by atoms with Crippen molar-refractivity contribution in [2.45, 2.75) is 5.38 Å². The first kappa shape index (κ1) is 18.7. The molecule has 0 saturated carbocycles. The van der Waals surface area contributed by atoms with Gasteiger partial charge in [-0.25, -0.2) is 0 Å². The summed E-state index contributed by atoms with van der Waals surface area (Å²) in [5.41, 5.74) is 0.